The van der Waals surface area contributed by atoms with Gasteiger partial charge in [0, 0.05) is 17.8 Å². The number of carbonyl (C=O) groups excluding carboxylic acids is 1. The van der Waals surface area contributed by atoms with Gasteiger partial charge in [-0.2, -0.15) is 0 Å². The first-order chi connectivity index (χ1) is 10.7. The van der Waals surface area contributed by atoms with Crippen molar-refractivity contribution in [2.75, 3.05) is 5.32 Å². The molecule has 1 aromatic rings. The van der Waals surface area contributed by atoms with Crippen LogP contribution >= 0.6 is 0 Å². The van der Waals surface area contributed by atoms with Gasteiger partial charge < -0.3 is 20.5 Å². The summed E-state index contributed by atoms with van der Waals surface area (Å²) in [6, 6.07) is 5.96. The van der Waals surface area contributed by atoms with Crippen molar-refractivity contribution in [3.05, 3.63) is 23.8 Å². The minimum atomic E-state index is -0.459. The Labute approximate surface area is 138 Å². The van der Waals surface area contributed by atoms with E-state index in [9.17, 15) is 9.90 Å². The summed E-state index contributed by atoms with van der Waals surface area (Å²) in [6.45, 7) is 7.59. The van der Waals surface area contributed by atoms with E-state index in [1.165, 1.54) is 0 Å². The number of hydrogen-bond donors (Lipinski definition) is 3. The van der Waals surface area contributed by atoms with Crippen LogP contribution in [-0.2, 0) is 4.74 Å². The average molecular weight is 320 g/mol. The number of hydrogen-bond acceptors (Lipinski definition) is 4. The standard InChI is InChI=1S/C18H28N2O3/c1-12-11-15(21)9-10-16(12)19-13-5-7-14(8-6-13)20-17(22)23-18(2,3)4/h9-11,13-14,19,21H,5-8H2,1-4H3,(H,20,22). The summed E-state index contributed by atoms with van der Waals surface area (Å²) in [5.74, 6) is 0.290. The lowest BCUT2D eigenvalue weighted by atomic mass is 9.91. The van der Waals surface area contributed by atoms with Crippen molar-refractivity contribution in [3.8, 4) is 5.75 Å². The van der Waals surface area contributed by atoms with Gasteiger partial charge in [-0.05, 0) is 77.1 Å². The summed E-state index contributed by atoms with van der Waals surface area (Å²) in [5.41, 5.74) is 1.64. The Morgan fingerprint density at radius 2 is 1.78 bits per heavy atom. The summed E-state index contributed by atoms with van der Waals surface area (Å²) < 4.78 is 5.30. The third-order valence-corrected chi connectivity index (χ3v) is 4.02. The van der Waals surface area contributed by atoms with Gasteiger partial charge in [-0.15, -0.1) is 0 Å². The zero-order valence-corrected chi connectivity index (χ0v) is 14.5. The second kappa shape index (κ2) is 7.11. The lowest BCUT2D eigenvalue weighted by Crippen LogP contribution is -2.42. The number of phenols is 1. The number of amides is 1. The zero-order valence-electron chi connectivity index (χ0n) is 14.5. The van der Waals surface area contributed by atoms with Crippen LogP contribution in [0, 0.1) is 6.92 Å². The van der Waals surface area contributed by atoms with Crippen LogP contribution in [0.4, 0.5) is 10.5 Å². The van der Waals surface area contributed by atoms with Crippen molar-refractivity contribution in [2.24, 2.45) is 0 Å². The molecule has 3 N–H and O–H groups in total. The molecule has 1 amide bonds. The molecule has 1 aliphatic rings. The Morgan fingerprint density at radius 1 is 1.17 bits per heavy atom. The summed E-state index contributed by atoms with van der Waals surface area (Å²) in [4.78, 5) is 11.8. The molecule has 1 aromatic carbocycles. The molecule has 2 rings (SSSR count). The number of ether oxygens (including phenoxy) is 1. The van der Waals surface area contributed by atoms with E-state index in [0.29, 0.717) is 11.8 Å². The van der Waals surface area contributed by atoms with Crippen LogP contribution in [0.5, 0.6) is 5.75 Å². The largest absolute Gasteiger partial charge is 0.508 e. The van der Waals surface area contributed by atoms with Crippen molar-refractivity contribution in [3.63, 3.8) is 0 Å². The number of carbonyl (C=O) groups is 1. The van der Waals surface area contributed by atoms with Gasteiger partial charge in [-0.1, -0.05) is 0 Å². The minimum Gasteiger partial charge on any atom is -0.508 e. The quantitative estimate of drug-likeness (QED) is 0.738. The van der Waals surface area contributed by atoms with Crippen molar-refractivity contribution >= 4 is 11.8 Å². The molecule has 0 unspecified atom stereocenters. The molecule has 23 heavy (non-hydrogen) atoms. The highest BCUT2D eigenvalue weighted by Crippen LogP contribution is 2.26. The zero-order chi connectivity index (χ0) is 17.0. The molecule has 5 heteroatoms. The third-order valence-electron chi connectivity index (χ3n) is 4.02. The van der Waals surface area contributed by atoms with Crippen LogP contribution in [0.25, 0.3) is 0 Å². The maximum Gasteiger partial charge on any atom is 0.407 e. The first kappa shape index (κ1) is 17.4. The van der Waals surface area contributed by atoms with E-state index in [0.717, 1.165) is 36.9 Å². The molecule has 1 saturated carbocycles. The Hall–Kier alpha value is -1.91. The van der Waals surface area contributed by atoms with Gasteiger partial charge in [-0.25, -0.2) is 4.79 Å². The maximum absolute atomic E-state index is 11.8. The Kier molecular flexibility index (Phi) is 5.39. The number of phenolic OH excluding ortho intramolecular Hbond substituents is 1. The van der Waals surface area contributed by atoms with E-state index in [1.54, 1.807) is 12.1 Å². The molecule has 0 aromatic heterocycles. The number of alkyl carbamates (subject to hydrolysis) is 1. The van der Waals surface area contributed by atoms with Crippen molar-refractivity contribution < 1.29 is 14.6 Å². The predicted octanol–water partition coefficient (Wildman–Crippen LogP) is 3.95. The first-order valence-corrected chi connectivity index (χ1v) is 8.28. The Morgan fingerprint density at radius 3 is 2.35 bits per heavy atom. The first-order valence-electron chi connectivity index (χ1n) is 8.28. The molecule has 0 aliphatic heterocycles. The van der Waals surface area contributed by atoms with Gasteiger partial charge in [0.15, 0.2) is 0 Å². The molecule has 0 bridgehead atoms. The van der Waals surface area contributed by atoms with Gasteiger partial charge in [0.25, 0.3) is 0 Å². The van der Waals surface area contributed by atoms with Crippen LogP contribution < -0.4 is 10.6 Å². The summed E-state index contributed by atoms with van der Waals surface area (Å²) in [6.07, 6.45) is 3.55. The number of benzene rings is 1. The summed E-state index contributed by atoms with van der Waals surface area (Å²) in [5, 5.41) is 16.0. The molecule has 1 aliphatic carbocycles. The van der Waals surface area contributed by atoms with E-state index < -0.39 is 5.60 Å². The third kappa shape index (κ3) is 5.66. The minimum absolute atomic E-state index is 0.184. The molecule has 0 spiro atoms. The van der Waals surface area contributed by atoms with Gasteiger partial charge in [0.1, 0.15) is 11.4 Å². The molecule has 1 fully saturated rings. The normalized spacial score (nSPS) is 21.6. The SMILES string of the molecule is Cc1cc(O)ccc1NC1CCC(NC(=O)OC(C)(C)C)CC1. The van der Waals surface area contributed by atoms with Gasteiger partial charge >= 0.3 is 6.09 Å². The van der Waals surface area contributed by atoms with E-state index in [4.69, 9.17) is 4.74 Å². The molecule has 5 nitrogen and oxygen atoms in total. The number of nitrogens with one attached hydrogen (secondary N) is 2. The van der Waals surface area contributed by atoms with Gasteiger partial charge in [0.2, 0.25) is 0 Å². The predicted molar refractivity (Wildman–Crippen MR) is 91.9 cm³/mol. The fourth-order valence-corrected chi connectivity index (χ4v) is 2.89. The fraction of sp³-hybridized carbons (Fsp3) is 0.611. The lowest BCUT2D eigenvalue weighted by Gasteiger charge is -2.31. The fourth-order valence-electron chi connectivity index (χ4n) is 2.89. The second-order valence-electron chi connectivity index (χ2n) is 7.34. The van der Waals surface area contributed by atoms with Gasteiger partial charge in [-0.3, -0.25) is 0 Å². The highest BCUT2D eigenvalue weighted by Gasteiger charge is 2.24. The van der Waals surface area contributed by atoms with E-state index in [2.05, 4.69) is 10.6 Å². The number of aryl methyl sites for hydroxylation is 1. The molecular formula is C18H28N2O3. The van der Waals surface area contributed by atoms with Gasteiger partial charge in [0.05, 0.1) is 0 Å². The molecule has 128 valence electrons. The summed E-state index contributed by atoms with van der Waals surface area (Å²) in [7, 11) is 0. The Bertz CT molecular complexity index is 544. The number of anilines is 1. The van der Waals surface area contributed by atoms with Crippen LogP contribution in [0.2, 0.25) is 0 Å². The maximum atomic E-state index is 11.8. The van der Waals surface area contributed by atoms with E-state index >= 15 is 0 Å². The average Bonchev–Trinajstić information content (AvgIpc) is 2.42. The van der Waals surface area contributed by atoms with Crippen molar-refractivity contribution in [2.45, 2.75) is 71.1 Å². The highest BCUT2D eigenvalue weighted by molar-refractivity contribution is 5.68. The van der Waals surface area contributed by atoms with E-state index in [-0.39, 0.29) is 12.1 Å². The topological polar surface area (TPSA) is 70.6 Å². The van der Waals surface area contributed by atoms with Crippen molar-refractivity contribution in [1.82, 2.24) is 5.32 Å². The number of aromatic hydroxyl groups is 1. The molecular weight excluding hydrogens is 292 g/mol. The lowest BCUT2D eigenvalue weighted by molar-refractivity contribution is 0.0492. The van der Waals surface area contributed by atoms with Crippen LogP contribution in [-0.4, -0.2) is 28.9 Å². The van der Waals surface area contributed by atoms with Crippen LogP contribution in [0.15, 0.2) is 18.2 Å². The monoisotopic (exact) mass is 320 g/mol. The highest BCUT2D eigenvalue weighted by atomic mass is 16.6. The van der Waals surface area contributed by atoms with Crippen LogP contribution in [0.3, 0.4) is 0 Å². The molecule has 0 heterocycles. The molecule has 0 saturated heterocycles. The summed E-state index contributed by atoms with van der Waals surface area (Å²) >= 11 is 0. The number of rotatable bonds is 3. The Balaban J connectivity index is 1.79. The molecule has 0 atom stereocenters. The van der Waals surface area contributed by atoms with E-state index in [1.807, 2.05) is 33.8 Å². The smallest absolute Gasteiger partial charge is 0.407 e. The van der Waals surface area contributed by atoms with Crippen LogP contribution in [0.1, 0.15) is 52.0 Å². The van der Waals surface area contributed by atoms with Crippen molar-refractivity contribution in [1.29, 1.82) is 0 Å². The molecule has 0 radical (unpaired) electrons. The second-order valence-corrected chi connectivity index (χ2v) is 7.34.